The smallest absolute Gasteiger partial charge is 0.247 e. The molecule has 0 saturated carbocycles. The van der Waals surface area contributed by atoms with E-state index < -0.39 is 5.41 Å². The van der Waals surface area contributed by atoms with Crippen LogP contribution in [0.15, 0.2) is 35.5 Å². The van der Waals surface area contributed by atoms with Gasteiger partial charge in [0, 0.05) is 50.2 Å². The number of carbonyl (C=O) groups excluding carboxylic acids is 2. The van der Waals surface area contributed by atoms with Gasteiger partial charge in [-0.1, -0.05) is 0 Å². The lowest BCUT2D eigenvalue weighted by Crippen LogP contribution is -2.45. The fourth-order valence-corrected chi connectivity index (χ4v) is 4.78. The minimum Gasteiger partial charge on any atom is -0.381 e. The van der Waals surface area contributed by atoms with Crippen LogP contribution < -0.4 is 5.32 Å². The SMILES string of the molecule is O=C(/C=C/c1cnc2c(c1)CC1(CCOCC1)C(=O)N2)N1CC(=Cc2nccs2)C1. The van der Waals surface area contributed by atoms with E-state index in [0.29, 0.717) is 38.5 Å². The summed E-state index contributed by atoms with van der Waals surface area (Å²) in [6, 6.07) is 2.02. The number of likely N-dealkylation sites (tertiary alicyclic amines) is 1. The van der Waals surface area contributed by atoms with Gasteiger partial charge in [0.25, 0.3) is 0 Å². The molecule has 2 aromatic heterocycles. The Balaban J connectivity index is 1.24. The topological polar surface area (TPSA) is 84.4 Å². The minimum atomic E-state index is -0.400. The molecule has 2 saturated heterocycles. The molecule has 3 aliphatic rings. The van der Waals surface area contributed by atoms with E-state index in [-0.39, 0.29) is 11.8 Å². The monoisotopic (exact) mass is 422 g/mol. The van der Waals surface area contributed by atoms with E-state index in [2.05, 4.69) is 15.3 Å². The van der Waals surface area contributed by atoms with Crippen molar-refractivity contribution in [2.24, 2.45) is 5.41 Å². The number of aromatic nitrogens is 2. The number of hydrogen-bond acceptors (Lipinski definition) is 6. The quantitative estimate of drug-likeness (QED) is 0.769. The highest BCUT2D eigenvalue weighted by atomic mass is 32.1. The molecule has 0 atom stereocenters. The molecule has 8 heteroatoms. The number of anilines is 1. The van der Waals surface area contributed by atoms with E-state index in [4.69, 9.17) is 4.74 Å². The summed E-state index contributed by atoms with van der Waals surface area (Å²) in [6.07, 6.45) is 11.0. The molecule has 2 fully saturated rings. The second-order valence-electron chi connectivity index (χ2n) is 8.00. The van der Waals surface area contributed by atoms with Crippen LogP contribution in [0.1, 0.15) is 29.0 Å². The van der Waals surface area contributed by atoms with E-state index >= 15 is 0 Å². The molecule has 154 valence electrons. The highest BCUT2D eigenvalue weighted by Crippen LogP contribution is 2.40. The van der Waals surface area contributed by atoms with Gasteiger partial charge in [0.1, 0.15) is 10.8 Å². The van der Waals surface area contributed by atoms with Crippen molar-refractivity contribution < 1.29 is 14.3 Å². The zero-order valence-electron chi connectivity index (χ0n) is 16.5. The third kappa shape index (κ3) is 3.68. The van der Waals surface area contributed by atoms with Crippen molar-refractivity contribution in [3.63, 3.8) is 0 Å². The number of fused-ring (bicyclic) bond motifs is 1. The summed E-state index contributed by atoms with van der Waals surface area (Å²) in [7, 11) is 0. The highest BCUT2D eigenvalue weighted by molar-refractivity contribution is 7.10. The molecule has 2 aromatic rings. The van der Waals surface area contributed by atoms with Crippen molar-refractivity contribution in [3.8, 4) is 0 Å². The summed E-state index contributed by atoms with van der Waals surface area (Å²) in [5.41, 5.74) is 2.69. The van der Waals surface area contributed by atoms with Crippen molar-refractivity contribution in [1.82, 2.24) is 14.9 Å². The summed E-state index contributed by atoms with van der Waals surface area (Å²) in [6.45, 7) is 2.50. The summed E-state index contributed by atoms with van der Waals surface area (Å²) in [5.74, 6) is 0.655. The number of carbonyl (C=O) groups is 2. The molecule has 30 heavy (non-hydrogen) atoms. The number of thiazole rings is 1. The van der Waals surface area contributed by atoms with Crippen LogP contribution in [-0.2, 0) is 20.7 Å². The lowest BCUT2D eigenvalue weighted by Gasteiger charge is -2.39. The van der Waals surface area contributed by atoms with Gasteiger partial charge >= 0.3 is 0 Å². The molecular weight excluding hydrogens is 400 g/mol. The maximum atomic E-state index is 12.6. The Morgan fingerprint density at radius 2 is 2.10 bits per heavy atom. The van der Waals surface area contributed by atoms with Crippen molar-refractivity contribution in [2.45, 2.75) is 19.3 Å². The van der Waals surface area contributed by atoms with Crippen LogP contribution in [0.5, 0.6) is 0 Å². The first-order chi connectivity index (χ1) is 14.6. The highest BCUT2D eigenvalue weighted by Gasteiger charge is 2.43. The average molecular weight is 423 g/mol. The maximum Gasteiger partial charge on any atom is 0.247 e. The van der Waals surface area contributed by atoms with Gasteiger partial charge in [-0.3, -0.25) is 9.59 Å². The zero-order chi connectivity index (χ0) is 20.6. The Morgan fingerprint density at radius 3 is 2.87 bits per heavy atom. The van der Waals surface area contributed by atoms with Crippen LogP contribution in [0.25, 0.3) is 12.2 Å². The second-order valence-corrected chi connectivity index (χ2v) is 8.93. The van der Waals surface area contributed by atoms with Gasteiger partial charge in [-0.15, -0.1) is 11.3 Å². The molecule has 1 spiro atoms. The Morgan fingerprint density at radius 1 is 1.27 bits per heavy atom. The molecular formula is C22H22N4O3S. The van der Waals surface area contributed by atoms with E-state index in [1.807, 2.05) is 17.5 Å². The lowest BCUT2D eigenvalue weighted by molar-refractivity contribution is -0.131. The number of amides is 2. The molecule has 7 nitrogen and oxygen atoms in total. The number of rotatable bonds is 3. The first-order valence-electron chi connectivity index (χ1n) is 10.1. The van der Waals surface area contributed by atoms with Crippen molar-refractivity contribution in [1.29, 1.82) is 0 Å². The van der Waals surface area contributed by atoms with Gasteiger partial charge in [0.05, 0.1) is 5.41 Å². The Labute approximate surface area is 178 Å². The molecule has 5 rings (SSSR count). The Kier molecular flexibility index (Phi) is 4.96. The van der Waals surface area contributed by atoms with Crippen molar-refractivity contribution in [3.05, 3.63) is 51.6 Å². The van der Waals surface area contributed by atoms with Gasteiger partial charge < -0.3 is 15.0 Å². The molecule has 2 amide bonds. The van der Waals surface area contributed by atoms with Gasteiger partial charge in [0.15, 0.2) is 0 Å². The third-order valence-electron chi connectivity index (χ3n) is 5.98. The maximum absolute atomic E-state index is 12.6. The molecule has 1 N–H and O–H groups in total. The van der Waals surface area contributed by atoms with E-state index in [1.54, 1.807) is 40.8 Å². The van der Waals surface area contributed by atoms with Crippen LogP contribution in [0.3, 0.4) is 0 Å². The predicted molar refractivity (Wildman–Crippen MR) is 115 cm³/mol. The summed E-state index contributed by atoms with van der Waals surface area (Å²) >= 11 is 1.59. The molecule has 0 aliphatic carbocycles. The molecule has 0 aromatic carbocycles. The van der Waals surface area contributed by atoms with Crippen LogP contribution >= 0.6 is 11.3 Å². The van der Waals surface area contributed by atoms with Crippen LogP contribution in [0.4, 0.5) is 5.82 Å². The standard InChI is InChI=1S/C22H22N4O3S/c27-19(26-13-16(14-26)10-18-23-5-8-30-18)2-1-15-9-17-11-22(3-6-29-7-4-22)21(28)25-20(17)24-12-15/h1-2,5,8-10,12H,3-4,6-7,11,13-14H2,(H,24,25,28)/b2-1+. The van der Waals surface area contributed by atoms with Gasteiger partial charge in [-0.05, 0) is 54.2 Å². The molecule has 0 radical (unpaired) electrons. The first-order valence-corrected chi connectivity index (χ1v) is 10.9. The fourth-order valence-electron chi connectivity index (χ4n) is 4.16. The third-order valence-corrected chi connectivity index (χ3v) is 6.70. The second kappa shape index (κ2) is 7.77. The van der Waals surface area contributed by atoms with Crippen molar-refractivity contribution >= 4 is 41.1 Å². The van der Waals surface area contributed by atoms with Crippen LogP contribution in [0.2, 0.25) is 0 Å². The molecule has 3 aliphatic heterocycles. The summed E-state index contributed by atoms with van der Waals surface area (Å²) in [4.78, 5) is 35.5. The molecule has 5 heterocycles. The number of pyridine rings is 1. The van der Waals surface area contributed by atoms with Crippen LogP contribution in [-0.4, -0.2) is 53.0 Å². The normalized spacial score (nSPS) is 20.1. The van der Waals surface area contributed by atoms with Crippen molar-refractivity contribution in [2.75, 3.05) is 31.6 Å². The molecule has 0 bridgehead atoms. The van der Waals surface area contributed by atoms with E-state index in [0.717, 1.165) is 29.0 Å². The molecule has 0 unspecified atom stereocenters. The number of hydrogen-bond donors (Lipinski definition) is 1. The van der Waals surface area contributed by atoms with E-state index in [9.17, 15) is 9.59 Å². The fraction of sp³-hybridized carbons (Fsp3) is 0.364. The predicted octanol–water partition coefficient (Wildman–Crippen LogP) is 2.77. The zero-order valence-corrected chi connectivity index (χ0v) is 17.3. The van der Waals surface area contributed by atoms with E-state index in [1.165, 1.54) is 5.57 Å². The Bertz CT molecular complexity index is 1030. The Hall–Kier alpha value is -2.84. The first kappa shape index (κ1) is 19.1. The average Bonchev–Trinajstić information content (AvgIpc) is 3.23. The summed E-state index contributed by atoms with van der Waals surface area (Å²) < 4.78 is 5.44. The number of ether oxygens (including phenoxy) is 1. The van der Waals surface area contributed by atoms with Gasteiger partial charge in [-0.2, -0.15) is 0 Å². The summed E-state index contributed by atoms with van der Waals surface area (Å²) in [5, 5.41) is 5.87. The number of nitrogens with zero attached hydrogens (tertiary/aromatic N) is 3. The van der Waals surface area contributed by atoms with Crippen LogP contribution in [0, 0.1) is 5.41 Å². The van der Waals surface area contributed by atoms with Gasteiger partial charge in [0.2, 0.25) is 11.8 Å². The largest absolute Gasteiger partial charge is 0.381 e. The number of nitrogens with one attached hydrogen (secondary N) is 1. The van der Waals surface area contributed by atoms with Gasteiger partial charge in [-0.25, -0.2) is 9.97 Å². The lowest BCUT2D eigenvalue weighted by atomic mass is 9.72. The minimum absolute atomic E-state index is 0.0155.